The van der Waals surface area contributed by atoms with E-state index in [0.717, 1.165) is 35.0 Å². The SMILES string of the molecule is N#Cc1ccc(COc2cccc(-c3cc(F)c(Cn4c(=O)c5c(F)cc(C(=O)O)cc5n4C[C@@H]4CCO4)cc3F)n2)c(F)c1. The summed E-state index contributed by atoms with van der Waals surface area (Å²) in [4.78, 5) is 29.1. The standard InChI is InChI=1S/C32H22F4N4O5/c33-23-8-17(13-37)4-5-18(23)16-45-29-3-1-2-27(38-29)22-12-24(34)20(10-25(22)35)14-40-31(41)30-26(36)9-19(32(42)43)11-28(30)39(40)15-21-6-7-44-21/h1-5,8-12,21H,6-7,14-16H2,(H,42,43)/t21-/m0/s1. The number of carboxylic acids is 1. The van der Waals surface area contributed by atoms with E-state index in [1.807, 2.05) is 6.07 Å². The first-order valence-corrected chi connectivity index (χ1v) is 13.7. The van der Waals surface area contributed by atoms with Crippen molar-refractivity contribution in [3.05, 3.63) is 117 Å². The Balaban J connectivity index is 1.31. The molecule has 3 heterocycles. The quantitative estimate of drug-likeness (QED) is 0.220. The lowest BCUT2D eigenvalue weighted by Crippen LogP contribution is -2.35. The van der Waals surface area contributed by atoms with Crippen molar-refractivity contribution < 1.29 is 36.9 Å². The number of aromatic nitrogens is 3. The van der Waals surface area contributed by atoms with Crippen LogP contribution in [0.5, 0.6) is 5.88 Å². The van der Waals surface area contributed by atoms with Crippen LogP contribution in [-0.2, 0) is 24.4 Å². The van der Waals surface area contributed by atoms with Gasteiger partial charge in [-0.3, -0.25) is 9.48 Å². The number of rotatable bonds is 9. The Kier molecular flexibility index (Phi) is 7.82. The van der Waals surface area contributed by atoms with Gasteiger partial charge in [0.15, 0.2) is 0 Å². The van der Waals surface area contributed by atoms with E-state index in [0.29, 0.717) is 13.0 Å². The molecule has 0 aliphatic carbocycles. The Morgan fingerprint density at radius 2 is 1.78 bits per heavy atom. The topological polar surface area (TPSA) is 119 Å². The summed E-state index contributed by atoms with van der Waals surface area (Å²) in [6, 6.07) is 13.8. The number of aromatic carboxylic acids is 1. The third-order valence-electron chi connectivity index (χ3n) is 7.52. The van der Waals surface area contributed by atoms with Crippen LogP contribution in [0.3, 0.4) is 0 Å². The Labute approximate surface area is 252 Å². The van der Waals surface area contributed by atoms with E-state index in [4.69, 9.17) is 14.7 Å². The maximum atomic E-state index is 15.5. The molecule has 9 nitrogen and oxygen atoms in total. The molecular weight excluding hydrogens is 596 g/mol. The van der Waals surface area contributed by atoms with Crippen LogP contribution in [0.4, 0.5) is 17.6 Å². The van der Waals surface area contributed by atoms with Gasteiger partial charge in [-0.05, 0) is 48.9 Å². The monoisotopic (exact) mass is 618 g/mol. The second-order valence-corrected chi connectivity index (χ2v) is 10.4. The molecule has 1 N–H and O–H groups in total. The van der Waals surface area contributed by atoms with E-state index in [1.165, 1.54) is 35.0 Å². The van der Waals surface area contributed by atoms with Crippen molar-refractivity contribution in [3.8, 4) is 23.2 Å². The highest BCUT2D eigenvalue weighted by atomic mass is 19.1. The fourth-order valence-corrected chi connectivity index (χ4v) is 5.07. The maximum absolute atomic E-state index is 15.5. The van der Waals surface area contributed by atoms with Crippen LogP contribution < -0.4 is 10.3 Å². The summed E-state index contributed by atoms with van der Waals surface area (Å²) in [5, 5.41) is 17.9. The summed E-state index contributed by atoms with van der Waals surface area (Å²) in [6.07, 6.45) is 0.311. The van der Waals surface area contributed by atoms with Gasteiger partial charge in [0.25, 0.3) is 5.56 Å². The number of ether oxygens (including phenoxy) is 2. The van der Waals surface area contributed by atoms with Crippen LogP contribution in [0.2, 0.25) is 0 Å². The zero-order valence-corrected chi connectivity index (χ0v) is 23.3. The minimum Gasteiger partial charge on any atom is -0.478 e. The molecule has 228 valence electrons. The first kappa shape index (κ1) is 29.6. The van der Waals surface area contributed by atoms with Crippen LogP contribution in [0.1, 0.15) is 33.5 Å². The molecule has 1 fully saturated rings. The lowest BCUT2D eigenvalue weighted by atomic mass is 10.1. The molecule has 1 aliphatic rings. The molecule has 0 radical (unpaired) electrons. The number of pyridine rings is 1. The number of halogens is 4. The highest BCUT2D eigenvalue weighted by molar-refractivity contribution is 5.93. The second-order valence-electron chi connectivity index (χ2n) is 10.4. The van der Waals surface area contributed by atoms with Crippen LogP contribution in [0, 0.1) is 34.6 Å². The van der Waals surface area contributed by atoms with Crippen molar-refractivity contribution in [2.75, 3.05) is 6.61 Å². The molecule has 1 atom stereocenters. The fourth-order valence-electron chi connectivity index (χ4n) is 5.07. The third kappa shape index (κ3) is 5.75. The lowest BCUT2D eigenvalue weighted by Gasteiger charge is -2.28. The van der Waals surface area contributed by atoms with E-state index in [2.05, 4.69) is 4.98 Å². The van der Waals surface area contributed by atoms with Crippen molar-refractivity contribution in [1.29, 1.82) is 5.26 Å². The number of carboxylic acid groups (broad SMARTS) is 1. The molecule has 3 aromatic carbocycles. The third-order valence-corrected chi connectivity index (χ3v) is 7.52. The van der Waals surface area contributed by atoms with E-state index in [-0.39, 0.29) is 69.5 Å². The number of fused-ring (bicyclic) bond motifs is 1. The molecule has 13 heteroatoms. The smallest absolute Gasteiger partial charge is 0.335 e. The van der Waals surface area contributed by atoms with Crippen molar-refractivity contribution in [2.45, 2.75) is 32.2 Å². The number of benzene rings is 3. The van der Waals surface area contributed by atoms with E-state index >= 15 is 8.78 Å². The van der Waals surface area contributed by atoms with Crippen LogP contribution in [-0.4, -0.2) is 38.1 Å². The molecular formula is C32H22F4N4O5. The summed E-state index contributed by atoms with van der Waals surface area (Å²) in [6.45, 7) is -0.173. The Hall–Kier alpha value is -5.48. The molecule has 0 bridgehead atoms. The van der Waals surface area contributed by atoms with Crippen LogP contribution in [0.25, 0.3) is 22.2 Å². The molecule has 1 saturated heterocycles. The van der Waals surface area contributed by atoms with Gasteiger partial charge in [0, 0.05) is 29.4 Å². The van der Waals surface area contributed by atoms with Crippen molar-refractivity contribution in [1.82, 2.24) is 14.3 Å². The maximum Gasteiger partial charge on any atom is 0.335 e. The number of hydrogen-bond acceptors (Lipinski definition) is 6. The van der Waals surface area contributed by atoms with E-state index in [9.17, 15) is 23.5 Å². The number of hydrogen-bond donors (Lipinski definition) is 1. The van der Waals surface area contributed by atoms with Gasteiger partial charge in [0.05, 0.1) is 47.6 Å². The van der Waals surface area contributed by atoms with E-state index < -0.39 is 41.3 Å². The van der Waals surface area contributed by atoms with Crippen molar-refractivity contribution in [3.63, 3.8) is 0 Å². The predicted octanol–water partition coefficient (Wildman–Crippen LogP) is 5.41. The highest BCUT2D eigenvalue weighted by Crippen LogP contribution is 2.28. The average Bonchev–Trinajstić information content (AvgIpc) is 3.26. The zero-order chi connectivity index (χ0) is 31.8. The minimum absolute atomic E-state index is 0.00713. The molecule has 0 spiro atoms. The normalized spacial score (nSPS) is 14.2. The molecule has 1 aliphatic heterocycles. The first-order chi connectivity index (χ1) is 21.6. The van der Waals surface area contributed by atoms with Crippen LogP contribution >= 0.6 is 0 Å². The minimum atomic E-state index is -1.39. The van der Waals surface area contributed by atoms with Gasteiger partial charge in [-0.2, -0.15) is 5.26 Å². The number of nitrogens with zero attached hydrogens (tertiary/aromatic N) is 4. The van der Waals surface area contributed by atoms with Gasteiger partial charge < -0.3 is 14.6 Å². The number of carbonyl (C=O) groups is 1. The van der Waals surface area contributed by atoms with Crippen LogP contribution in [0.15, 0.2) is 65.5 Å². The first-order valence-electron chi connectivity index (χ1n) is 13.7. The Bertz CT molecular complexity index is 2080. The van der Waals surface area contributed by atoms with Crippen molar-refractivity contribution in [2.24, 2.45) is 0 Å². The molecule has 0 saturated carbocycles. The van der Waals surface area contributed by atoms with Gasteiger partial charge in [-0.1, -0.05) is 12.1 Å². The molecule has 6 rings (SSSR count). The number of nitriles is 1. The van der Waals surface area contributed by atoms with Gasteiger partial charge in [-0.15, -0.1) is 0 Å². The molecule has 45 heavy (non-hydrogen) atoms. The summed E-state index contributed by atoms with van der Waals surface area (Å²) >= 11 is 0. The average molecular weight is 619 g/mol. The summed E-state index contributed by atoms with van der Waals surface area (Å²) in [5.41, 5.74) is -1.32. The summed E-state index contributed by atoms with van der Waals surface area (Å²) < 4.78 is 73.5. The van der Waals surface area contributed by atoms with Gasteiger partial charge in [0.1, 0.15) is 35.3 Å². The Morgan fingerprint density at radius 1 is 1.00 bits per heavy atom. The molecule has 2 aromatic heterocycles. The highest BCUT2D eigenvalue weighted by Gasteiger charge is 2.26. The lowest BCUT2D eigenvalue weighted by molar-refractivity contribution is -0.0618. The summed E-state index contributed by atoms with van der Waals surface area (Å²) in [5.74, 6) is -4.82. The predicted molar refractivity (Wildman–Crippen MR) is 152 cm³/mol. The summed E-state index contributed by atoms with van der Waals surface area (Å²) in [7, 11) is 0. The van der Waals surface area contributed by atoms with Gasteiger partial charge in [-0.25, -0.2) is 32.0 Å². The van der Waals surface area contributed by atoms with Crippen molar-refractivity contribution >= 4 is 16.9 Å². The molecule has 5 aromatic rings. The second kappa shape index (κ2) is 11.9. The molecule has 0 amide bonds. The fraction of sp³-hybridized carbons (Fsp3) is 0.188. The van der Waals surface area contributed by atoms with Gasteiger partial charge in [0.2, 0.25) is 5.88 Å². The largest absolute Gasteiger partial charge is 0.478 e. The Morgan fingerprint density at radius 3 is 2.47 bits per heavy atom. The molecule has 0 unspecified atom stereocenters. The van der Waals surface area contributed by atoms with Gasteiger partial charge >= 0.3 is 5.97 Å². The van der Waals surface area contributed by atoms with E-state index in [1.54, 1.807) is 0 Å². The zero-order valence-electron chi connectivity index (χ0n) is 23.3.